The van der Waals surface area contributed by atoms with E-state index >= 15 is 0 Å². The number of aromatic hydroxyl groups is 1. The summed E-state index contributed by atoms with van der Waals surface area (Å²) in [6, 6.07) is 11.9. The van der Waals surface area contributed by atoms with Crippen molar-refractivity contribution in [3.63, 3.8) is 0 Å². The Kier molecular flexibility index (Phi) is 3.54. The average Bonchev–Trinajstić information content (AvgIpc) is 3.08. The topological polar surface area (TPSA) is 62.6 Å². The summed E-state index contributed by atoms with van der Waals surface area (Å²) in [4.78, 5) is 21.4. The second-order valence-corrected chi connectivity index (χ2v) is 7.31. The van der Waals surface area contributed by atoms with Gasteiger partial charge in [-0.25, -0.2) is 9.98 Å². The first kappa shape index (κ1) is 15.7. The van der Waals surface area contributed by atoms with Gasteiger partial charge in [-0.1, -0.05) is 41.5 Å². The van der Waals surface area contributed by atoms with E-state index in [1.807, 2.05) is 57.2 Å². The SMILES string of the molecule is Cc1ccc(-c2nc(O)c(C3=c4cc(C)cc(C)c4=NC3=O)s2)cc1. The third-order valence-corrected chi connectivity index (χ3v) is 5.39. The maximum absolute atomic E-state index is 12.5. The van der Waals surface area contributed by atoms with Crippen LogP contribution in [0.1, 0.15) is 21.6 Å². The standard InChI is InChI=1S/C20H16N2O2S/c1-10-4-6-13(7-5-10)20-22-19(24)17(25-20)15-14-9-11(2)8-12(3)16(14)21-18(15)23/h4-9,24H,1-3H3. The van der Waals surface area contributed by atoms with Gasteiger partial charge in [-0.15, -0.1) is 11.3 Å². The molecule has 1 aromatic heterocycles. The van der Waals surface area contributed by atoms with Crippen molar-refractivity contribution >= 4 is 22.8 Å². The minimum atomic E-state index is -0.321. The minimum Gasteiger partial charge on any atom is -0.492 e. The highest BCUT2D eigenvalue weighted by Gasteiger charge is 2.25. The first-order valence-electron chi connectivity index (χ1n) is 7.96. The molecule has 0 saturated carbocycles. The summed E-state index contributed by atoms with van der Waals surface area (Å²) in [6.07, 6.45) is 0. The fraction of sp³-hybridized carbons (Fsp3) is 0.150. The molecule has 4 rings (SSSR count). The molecule has 0 atom stereocenters. The van der Waals surface area contributed by atoms with Gasteiger partial charge in [-0.3, -0.25) is 4.79 Å². The number of benzene rings is 2. The summed E-state index contributed by atoms with van der Waals surface area (Å²) in [6.45, 7) is 5.94. The summed E-state index contributed by atoms with van der Waals surface area (Å²) in [5.74, 6) is -0.441. The lowest BCUT2D eigenvalue weighted by Gasteiger charge is -1.98. The quantitative estimate of drug-likeness (QED) is 0.775. The number of amides is 1. The Bertz CT molecular complexity index is 1140. The largest absolute Gasteiger partial charge is 0.492 e. The van der Waals surface area contributed by atoms with E-state index in [0.29, 0.717) is 20.8 Å². The molecule has 0 fully saturated rings. The number of fused-ring (bicyclic) bond motifs is 1. The number of thiazole rings is 1. The molecule has 4 nitrogen and oxygen atoms in total. The van der Waals surface area contributed by atoms with Crippen molar-refractivity contribution in [3.05, 3.63) is 68.5 Å². The smallest absolute Gasteiger partial charge is 0.279 e. The molecule has 1 aliphatic heterocycles. The monoisotopic (exact) mass is 348 g/mol. The number of nitrogens with zero attached hydrogens (tertiary/aromatic N) is 2. The third-order valence-electron chi connectivity index (χ3n) is 4.28. The van der Waals surface area contributed by atoms with Gasteiger partial charge in [0.25, 0.3) is 5.91 Å². The summed E-state index contributed by atoms with van der Waals surface area (Å²) < 4.78 is 0. The Labute approximate surface area is 148 Å². The van der Waals surface area contributed by atoms with Gasteiger partial charge >= 0.3 is 0 Å². The second-order valence-electron chi connectivity index (χ2n) is 6.31. The summed E-state index contributed by atoms with van der Waals surface area (Å²) >= 11 is 1.32. The number of hydrogen-bond acceptors (Lipinski definition) is 4. The Balaban J connectivity index is 1.95. The van der Waals surface area contributed by atoms with Crippen molar-refractivity contribution < 1.29 is 9.90 Å². The lowest BCUT2D eigenvalue weighted by atomic mass is 10.1. The molecule has 2 heterocycles. The predicted molar refractivity (Wildman–Crippen MR) is 98.2 cm³/mol. The highest BCUT2D eigenvalue weighted by atomic mass is 32.1. The van der Waals surface area contributed by atoms with Crippen LogP contribution in [0.4, 0.5) is 0 Å². The van der Waals surface area contributed by atoms with E-state index < -0.39 is 0 Å². The van der Waals surface area contributed by atoms with E-state index in [-0.39, 0.29) is 11.8 Å². The Morgan fingerprint density at radius 3 is 2.44 bits per heavy atom. The molecule has 5 heteroatoms. The summed E-state index contributed by atoms with van der Waals surface area (Å²) in [7, 11) is 0. The van der Waals surface area contributed by atoms with E-state index in [1.54, 1.807) is 0 Å². The zero-order valence-electron chi connectivity index (χ0n) is 14.1. The van der Waals surface area contributed by atoms with E-state index in [0.717, 1.165) is 27.5 Å². The maximum Gasteiger partial charge on any atom is 0.279 e. The molecule has 1 aliphatic rings. The molecule has 0 unspecified atom stereocenters. The number of rotatable bonds is 2. The molecule has 1 amide bonds. The van der Waals surface area contributed by atoms with E-state index in [9.17, 15) is 9.90 Å². The van der Waals surface area contributed by atoms with Gasteiger partial charge < -0.3 is 5.11 Å². The average molecular weight is 348 g/mol. The number of aryl methyl sites for hydroxylation is 3. The van der Waals surface area contributed by atoms with Crippen molar-refractivity contribution in [2.24, 2.45) is 4.99 Å². The second kappa shape index (κ2) is 5.63. The number of carbonyl (C=O) groups excluding carboxylic acids is 1. The van der Waals surface area contributed by atoms with Gasteiger partial charge in [0.15, 0.2) is 0 Å². The Morgan fingerprint density at radius 2 is 1.72 bits per heavy atom. The normalized spacial score (nSPS) is 13.1. The van der Waals surface area contributed by atoms with Crippen molar-refractivity contribution in [1.82, 2.24) is 4.98 Å². The highest BCUT2D eigenvalue weighted by Crippen LogP contribution is 2.36. The van der Waals surface area contributed by atoms with Gasteiger partial charge in [0.2, 0.25) is 5.88 Å². The van der Waals surface area contributed by atoms with Crippen LogP contribution in [-0.4, -0.2) is 16.0 Å². The molecule has 124 valence electrons. The molecule has 0 aliphatic carbocycles. The zero-order valence-corrected chi connectivity index (χ0v) is 14.9. The van der Waals surface area contributed by atoms with Crippen molar-refractivity contribution in [1.29, 1.82) is 0 Å². The van der Waals surface area contributed by atoms with E-state index in [4.69, 9.17) is 0 Å². The summed E-state index contributed by atoms with van der Waals surface area (Å²) in [5.41, 5.74) is 4.53. The molecule has 2 aromatic carbocycles. The van der Waals surface area contributed by atoms with Crippen LogP contribution >= 0.6 is 11.3 Å². The van der Waals surface area contributed by atoms with Gasteiger partial charge in [0.05, 0.1) is 10.9 Å². The molecular weight excluding hydrogens is 332 g/mol. The van der Waals surface area contributed by atoms with Gasteiger partial charge in [0.1, 0.15) is 9.88 Å². The predicted octanol–water partition coefficient (Wildman–Crippen LogP) is 2.80. The molecule has 0 spiro atoms. The van der Waals surface area contributed by atoms with Crippen LogP contribution in [0.2, 0.25) is 0 Å². The maximum atomic E-state index is 12.5. The van der Waals surface area contributed by atoms with Crippen molar-refractivity contribution in [2.45, 2.75) is 20.8 Å². The molecule has 3 aromatic rings. The number of aromatic nitrogens is 1. The van der Waals surface area contributed by atoms with E-state index in [1.165, 1.54) is 11.3 Å². The van der Waals surface area contributed by atoms with Crippen LogP contribution < -0.4 is 10.6 Å². The van der Waals surface area contributed by atoms with Gasteiger partial charge in [-0.2, -0.15) is 0 Å². The fourth-order valence-corrected chi connectivity index (χ4v) is 4.10. The zero-order chi connectivity index (χ0) is 17.7. The van der Waals surface area contributed by atoms with Crippen molar-refractivity contribution in [2.75, 3.05) is 0 Å². The Morgan fingerprint density at radius 1 is 1.00 bits per heavy atom. The Hall–Kier alpha value is -2.79. The molecule has 25 heavy (non-hydrogen) atoms. The summed E-state index contributed by atoms with van der Waals surface area (Å²) in [5, 5.41) is 12.5. The number of carbonyl (C=O) groups is 1. The first-order valence-corrected chi connectivity index (χ1v) is 8.77. The first-order chi connectivity index (χ1) is 11.9. The van der Waals surface area contributed by atoms with Gasteiger partial charge in [0, 0.05) is 10.8 Å². The van der Waals surface area contributed by atoms with Gasteiger partial charge in [-0.05, 0) is 32.4 Å². The van der Waals surface area contributed by atoms with Crippen LogP contribution in [0.15, 0.2) is 41.4 Å². The molecule has 1 N–H and O–H groups in total. The van der Waals surface area contributed by atoms with Crippen LogP contribution in [-0.2, 0) is 4.79 Å². The molecule has 0 saturated heterocycles. The van der Waals surface area contributed by atoms with Crippen LogP contribution in [0.25, 0.3) is 16.1 Å². The molecule has 0 bridgehead atoms. The number of hydrogen-bond donors (Lipinski definition) is 1. The lowest BCUT2D eigenvalue weighted by molar-refractivity contribution is -0.112. The molecule has 0 radical (unpaired) electrons. The third kappa shape index (κ3) is 2.57. The minimum absolute atomic E-state index is 0.119. The fourth-order valence-electron chi connectivity index (χ4n) is 3.09. The van der Waals surface area contributed by atoms with E-state index in [2.05, 4.69) is 9.98 Å². The van der Waals surface area contributed by atoms with Crippen molar-refractivity contribution in [3.8, 4) is 16.5 Å². The lowest BCUT2D eigenvalue weighted by Crippen LogP contribution is -2.26. The van der Waals surface area contributed by atoms with Crippen LogP contribution in [0.3, 0.4) is 0 Å². The highest BCUT2D eigenvalue weighted by molar-refractivity contribution is 7.16. The van der Waals surface area contributed by atoms with Crippen LogP contribution in [0, 0.1) is 20.8 Å². The molecular formula is C20H16N2O2S. The van der Waals surface area contributed by atoms with Crippen LogP contribution in [0.5, 0.6) is 5.88 Å².